The molecule has 0 radical (unpaired) electrons. The van der Waals surface area contributed by atoms with Gasteiger partial charge < -0.3 is 9.30 Å². The Morgan fingerprint density at radius 2 is 2.11 bits per heavy atom. The Morgan fingerprint density at radius 3 is 2.72 bits per heavy atom. The minimum atomic E-state index is 0.653. The number of para-hydroxylation sites is 1. The molecule has 94 valence electrons. The lowest BCUT2D eigenvalue weighted by atomic mass is 10.2. The maximum Gasteiger partial charge on any atom is 0.143 e. The fraction of sp³-hybridized carbons (Fsp3) is 0.250. The predicted molar refractivity (Wildman–Crippen MR) is 77.3 cm³/mol. The summed E-state index contributed by atoms with van der Waals surface area (Å²) in [5.74, 6) is 0.878. The molecule has 0 amide bonds. The zero-order valence-electron chi connectivity index (χ0n) is 11.2. The van der Waals surface area contributed by atoms with Gasteiger partial charge in [0, 0.05) is 18.0 Å². The van der Waals surface area contributed by atoms with Crippen LogP contribution in [0.5, 0.6) is 0 Å². The highest BCUT2D eigenvalue weighted by atomic mass is 16.5. The molecule has 1 heterocycles. The molecule has 0 aliphatic heterocycles. The van der Waals surface area contributed by atoms with Crippen LogP contribution in [0.4, 0.5) is 0 Å². The molecule has 2 rings (SSSR count). The molecule has 2 nitrogen and oxygen atoms in total. The van der Waals surface area contributed by atoms with E-state index in [4.69, 9.17) is 4.74 Å². The average Bonchev–Trinajstić information content (AvgIpc) is 2.66. The molecule has 2 aromatic rings. The summed E-state index contributed by atoms with van der Waals surface area (Å²) >= 11 is 0. The number of aromatic nitrogens is 1. The molecule has 0 saturated carbocycles. The Balaban J connectivity index is 2.57. The highest BCUT2D eigenvalue weighted by Crippen LogP contribution is 2.25. The van der Waals surface area contributed by atoms with Gasteiger partial charge in [-0.3, -0.25) is 0 Å². The minimum absolute atomic E-state index is 0.653. The summed E-state index contributed by atoms with van der Waals surface area (Å²) < 4.78 is 7.88. The van der Waals surface area contributed by atoms with Gasteiger partial charge in [-0.1, -0.05) is 30.4 Å². The van der Waals surface area contributed by atoms with Crippen molar-refractivity contribution in [2.75, 3.05) is 6.61 Å². The Kier molecular flexibility index (Phi) is 3.56. The van der Waals surface area contributed by atoms with Gasteiger partial charge in [-0.05, 0) is 32.1 Å². The summed E-state index contributed by atoms with van der Waals surface area (Å²) in [7, 11) is 2.06. The Hall–Kier alpha value is -1.96. The highest BCUT2D eigenvalue weighted by Gasteiger charge is 2.10. The Bertz CT molecular complexity index is 605. The number of fused-ring (bicyclic) bond motifs is 1. The molecule has 0 spiro atoms. The number of rotatable bonds is 4. The van der Waals surface area contributed by atoms with Gasteiger partial charge in [0.05, 0.1) is 12.3 Å². The van der Waals surface area contributed by atoms with Crippen LogP contribution in [-0.2, 0) is 11.8 Å². The van der Waals surface area contributed by atoms with Gasteiger partial charge >= 0.3 is 0 Å². The van der Waals surface area contributed by atoms with Gasteiger partial charge in [0.1, 0.15) is 5.76 Å². The van der Waals surface area contributed by atoms with Crippen molar-refractivity contribution < 1.29 is 4.74 Å². The Morgan fingerprint density at radius 1 is 1.39 bits per heavy atom. The molecule has 0 bridgehead atoms. The number of hydrogen-bond donors (Lipinski definition) is 0. The largest absolute Gasteiger partial charge is 0.492 e. The van der Waals surface area contributed by atoms with Crippen molar-refractivity contribution in [3.63, 3.8) is 0 Å². The van der Waals surface area contributed by atoms with Crippen molar-refractivity contribution in [2.24, 2.45) is 7.05 Å². The van der Waals surface area contributed by atoms with E-state index in [1.807, 2.05) is 19.9 Å². The summed E-state index contributed by atoms with van der Waals surface area (Å²) in [6, 6.07) is 10.5. The molecule has 18 heavy (non-hydrogen) atoms. The molecule has 0 aliphatic rings. The lowest BCUT2D eigenvalue weighted by Gasteiger charge is -2.10. The zero-order valence-corrected chi connectivity index (χ0v) is 11.2. The third kappa shape index (κ3) is 2.33. The van der Waals surface area contributed by atoms with Crippen LogP contribution < -0.4 is 0 Å². The van der Waals surface area contributed by atoms with E-state index in [1.54, 1.807) is 0 Å². The molecule has 0 N–H and O–H groups in total. The molecule has 0 aliphatic carbocycles. The van der Waals surface area contributed by atoms with E-state index in [9.17, 15) is 0 Å². The van der Waals surface area contributed by atoms with Crippen LogP contribution in [-0.4, -0.2) is 11.2 Å². The summed E-state index contributed by atoms with van der Waals surface area (Å²) in [4.78, 5) is 0. The first kappa shape index (κ1) is 12.5. The van der Waals surface area contributed by atoms with E-state index in [1.165, 1.54) is 10.9 Å². The summed E-state index contributed by atoms with van der Waals surface area (Å²) in [6.07, 6.45) is 1.98. The van der Waals surface area contributed by atoms with Gasteiger partial charge in [-0.25, -0.2) is 0 Å². The van der Waals surface area contributed by atoms with Crippen LogP contribution in [0.2, 0.25) is 0 Å². The number of hydrogen-bond acceptors (Lipinski definition) is 1. The second-order valence-corrected chi connectivity index (χ2v) is 4.44. The van der Waals surface area contributed by atoms with Crippen molar-refractivity contribution in [1.82, 2.24) is 4.57 Å². The van der Waals surface area contributed by atoms with Crippen molar-refractivity contribution >= 4 is 16.7 Å². The van der Waals surface area contributed by atoms with Crippen LogP contribution in [0, 0.1) is 0 Å². The predicted octanol–water partition coefficient (Wildman–Crippen LogP) is 4.13. The molecule has 0 saturated heterocycles. The molecular formula is C16H19NO. The number of ether oxygens (including phenoxy) is 1. The van der Waals surface area contributed by atoms with Crippen molar-refractivity contribution in [1.29, 1.82) is 0 Å². The highest BCUT2D eigenvalue weighted by molar-refractivity contribution is 5.85. The van der Waals surface area contributed by atoms with Crippen LogP contribution in [0.25, 0.3) is 16.7 Å². The SMILES string of the molecule is C=C(C)/C=C(/OCC)c1cc2ccccc2n1C. The smallest absolute Gasteiger partial charge is 0.143 e. The van der Waals surface area contributed by atoms with Crippen molar-refractivity contribution in [2.45, 2.75) is 13.8 Å². The summed E-state index contributed by atoms with van der Waals surface area (Å²) in [6.45, 7) is 8.54. The lowest BCUT2D eigenvalue weighted by Crippen LogP contribution is -1.99. The summed E-state index contributed by atoms with van der Waals surface area (Å²) in [5.41, 5.74) is 3.28. The molecular weight excluding hydrogens is 222 g/mol. The number of aryl methyl sites for hydroxylation is 1. The number of allylic oxidation sites excluding steroid dienone is 2. The van der Waals surface area contributed by atoms with E-state index in [-0.39, 0.29) is 0 Å². The van der Waals surface area contributed by atoms with E-state index < -0.39 is 0 Å². The van der Waals surface area contributed by atoms with Gasteiger partial charge in [0.15, 0.2) is 0 Å². The monoisotopic (exact) mass is 241 g/mol. The first-order valence-corrected chi connectivity index (χ1v) is 6.18. The van der Waals surface area contributed by atoms with Crippen LogP contribution in [0.1, 0.15) is 19.5 Å². The molecule has 0 unspecified atom stereocenters. The second kappa shape index (κ2) is 5.13. The van der Waals surface area contributed by atoms with Crippen molar-refractivity contribution in [3.05, 3.63) is 54.3 Å². The van der Waals surface area contributed by atoms with E-state index in [0.29, 0.717) is 6.61 Å². The maximum atomic E-state index is 5.73. The fourth-order valence-corrected chi connectivity index (χ4v) is 2.09. The molecule has 0 atom stereocenters. The zero-order chi connectivity index (χ0) is 13.1. The first-order valence-electron chi connectivity index (χ1n) is 6.18. The molecule has 2 heteroatoms. The topological polar surface area (TPSA) is 14.2 Å². The lowest BCUT2D eigenvalue weighted by molar-refractivity contribution is 0.295. The van der Waals surface area contributed by atoms with E-state index >= 15 is 0 Å². The number of nitrogens with zero attached hydrogens (tertiary/aromatic N) is 1. The first-order chi connectivity index (χ1) is 8.63. The van der Waals surface area contributed by atoms with Crippen LogP contribution in [0.3, 0.4) is 0 Å². The maximum absolute atomic E-state index is 5.73. The number of benzene rings is 1. The van der Waals surface area contributed by atoms with Crippen LogP contribution in [0.15, 0.2) is 48.6 Å². The van der Waals surface area contributed by atoms with Gasteiger partial charge in [-0.2, -0.15) is 0 Å². The van der Waals surface area contributed by atoms with Gasteiger partial charge in [0.2, 0.25) is 0 Å². The standard InChI is InChI=1S/C16H19NO/c1-5-18-16(10-12(2)3)15-11-13-8-6-7-9-14(13)17(15)4/h6-11H,2,5H2,1,3-4H3/b16-10+. The quantitative estimate of drug-likeness (QED) is 0.580. The molecule has 0 fully saturated rings. The van der Waals surface area contributed by atoms with Crippen molar-refractivity contribution in [3.8, 4) is 0 Å². The second-order valence-electron chi connectivity index (χ2n) is 4.44. The third-order valence-electron chi connectivity index (χ3n) is 2.88. The Labute approximate surface area is 108 Å². The normalized spacial score (nSPS) is 11.8. The molecule has 1 aromatic heterocycles. The minimum Gasteiger partial charge on any atom is -0.492 e. The van der Waals surface area contributed by atoms with E-state index in [0.717, 1.165) is 17.0 Å². The molecule has 1 aromatic carbocycles. The van der Waals surface area contributed by atoms with Crippen LogP contribution >= 0.6 is 0 Å². The fourth-order valence-electron chi connectivity index (χ4n) is 2.09. The third-order valence-corrected chi connectivity index (χ3v) is 2.88. The summed E-state index contributed by atoms with van der Waals surface area (Å²) in [5, 5.41) is 1.22. The van der Waals surface area contributed by atoms with Gasteiger partial charge in [0.25, 0.3) is 0 Å². The van der Waals surface area contributed by atoms with Gasteiger partial charge in [-0.15, -0.1) is 0 Å². The average molecular weight is 241 g/mol. The van der Waals surface area contributed by atoms with E-state index in [2.05, 4.69) is 48.5 Å².